The van der Waals surface area contributed by atoms with Gasteiger partial charge in [0.2, 0.25) is 0 Å². The maximum absolute atomic E-state index is 5.29. The molecule has 1 heteroatoms. The van der Waals surface area contributed by atoms with Gasteiger partial charge in [-0.2, -0.15) is 0 Å². The minimum Gasteiger partial charge on any atom is -0.497 e. The SMILES string of the molecule is CCc1ccc2ccc(CCc3cccc(OC)c3)cc2c1. The molecule has 3 aromatic rings. The van der Waals surface area contributed by atoms with E-state index >= 15 is 0 Å². The summed E-state index contributed by atoms with van der Waals surface area (Å²) in [6.45, 7) is 2.20. The summed E-state index contributed by atoms with van der Waals surface area (Å²) in [5, 5.41) is 2.67. The highest BCUT2D eigenvalue weighted by molar-refractivity contribution is 5.83. The minimum atomic E-state index is 0.934. The molecule has 3 aromatic carbocycles. The van der Waals surface area contributed by atoms with Crippen molar-refractivity contribution in [3.63, 3.8) is 0 Å². The topological polar surface area (TPSA) is 9.23 Å². The van der Waals surface area contributed by atoms with Gasteiger partial charge in [0, 0.05) is 0 Å². The second-order valence-electron chi connectivity index (χ2n) is 5.72. The molecule has 0 N–H and O–H groups in total. The van der Waals surface area contributed by atoms with Gasteiger partial charge in [0.1, 0.15) is 5.75 Å². The highest BCUT2D eigenvalue weighted by Gasteiger charge is 2.01. The molecule has 0 bridgehead atoms. The smallest absolute Gasteiger partial charge is 0.119 e. The largest absolute Gasteiger partial charge is 0.497 e. The number of rotatable bonds is 5. The summed E-state index contributed by atoms with van der Waals surface area (Å²) in [5.41, 5.74) is 4.11. The number of ether oxygens (including phenoxy) is 1. The van der Waals surface area contributed by atoms with Crippen LogP contribution >= 0.6 is 0 Å². The standard InChI is InChI=1S/C21H22O/c1-3-16-9-11-19-12-10-18(14-20(19)13-16)8-7-17-5-4-6-21(15-17)22-2/h4-6,9-15H,3,7-8H2,1-2H3. The summed E-state index contributed by atoms with van der Waals surface area (Å²) in [4.78, 5) is 0. The molecule has 0 atom stereocenters. The van der Waals surface area contributed by atoms with E-state index in [0.717, 1.165) is 25.0 Å². The van der Waals surface area contributed by atoms with Crippen LogP contribution < -0.4 is 4.74 Å². The molecule has 0 unspecified atom stereocenters. The Morgan fingerprint density at radius 2 is 1.41 bits per heavy atom. The van der Waals surface area contributed by atoms with Crippen LogP contribution in [0.3, 0.4) is 0 Å². The van der Waals surface area contributed by atoms with Gasteiger partial charge in [-0.25, -0.2) is 0 Å². The molecule has 0 aliphatic rings. The van der Waals surface area contributed by atoms with Crippen molar-refractivity contribution in [2.75, 3.05) is 7.11 Å². The molecule has 0 saturated heterocycles. The number of methoxy groups -OCH3 is 1. The van der Waals surface area contributed by atoms with Gasteiger partial charge in [-0.05, 0) is 58.9 Å². The molecule has 1 nitrogen and oxygen atoms in total. The van der Waals surface area contributed by atoms with Crippen molar-refractivity contribution in [1.82, 2.24) is 0 Å². The monoisotopic (exact) mass is 290 g/mol. The van der Waals surface area contributed by atoms with Gasteiger partial charge >= 0.3 is 0 Å². The van der Waals surface area contributed by atoms with Crippen molar-refractivity contribution < 1.29 is 4.74 Å². The molecule has 112 valence electrons. The highest BCUT2D eigenvalue weighted by atomic mass is 16.5. The summed E-state index contributed by atoms with van der Waals surface area (Å²) in [7, 11) is 1.72. The maximum Gasteiger partial charge on any atom is 0.119 e. The van der Waals surface area contributed by atoms with E-state index in [9.17, 15) is 0 Å². The zero-order chi connectivity index (χ0) is 15.4. The first-order chi connectivity index (χ1) is 10.8. The summed E-state index contributed by atoms with van der Waals surface area (Å²) >= 11 is 0. The van der Waals surface area contributed by atoms with Crippen LogP contribution in [0.1, 0.15) is 23.6 Å². The lowest BCUT2D eigenvalue weighted by Gasteiger charge is -2.07. The molecule has 0 spiro atoms. The van der Waals surface area contributed by atoms with Gasteiger partial charge in [-0.15, -0.1) is 0 Å². The van der Waals surface area contributed by atoms with E-state index in [0.29, 0.717) is 0 Å². The van der Waals surface area contributed by atoms with Crippen molar-refractivity contribution in [2.24, 2.45) is 0 Å². The maximum atomic E-state index is 5.29. The van der Waals surface area contributed by atoms with E-state index in [1.54, 1.807) is 7.11 Å². The van der Waals surface area contributed by atoms with Crippen molar-refractivity contribution in [3.8, 4) is 5.75 Å². The van der Waals surface area contributed by atoms with E-state index in [2.05, 4.69) is 61.5 Å². The third kappa shape index (κ3) is 3.30. The van der Waals surface area contributed by atoms with Crippen molar-refractivity contribution >= 4 is 10.8 Å². The van der Waals surface area contributed by atoms with Gasteiger partial charge in [-0.1, -0.05) is 55.5 Å². The normalized spacial score (nSPS) is 10.8. The number of hydrogen-bond acceptors (Lipinski definition) is 1. The molecule has 0 radical (unpaired) electrons. The molecular weight excluding hydrogens is 268 g/mol. The van der Waals surface area contributed by atoms with Gasteiger partial charge in [0.25, 0.3) is 0 Å². The first-order valence-corrected chi connectivity index (χ1v) is 7.93. The fourth-order valence-corrected chi connectivity index (χ4v) is 2.84. The summed E-state index contributed by atoms with van der Waals surface area (Å²) in [5.74, 6) is 0.934. The lowest BCUT2D eigenvalue weighted by Crippen LogP contribution is -1.93. The van der Waals surface area contributed by atoms with E-state index in [1.165, 1.54) is 27.5 Å². The fourth-order valence-electron chi connectivity index (χ4n) is 2.84. The highest BCUT2D eigenvalue weighted by Crippen LogP contribution is 2.20. The number of aryl methyl sites for hydroxylation is 3. The second kappa shape index (κ2) is 6.65. The summed E-state index contributed by atoms with van der Waals surface area (Å²) < 4.78 is 5.29. The van der Waals surface area contributed by atoms with Gasteiger partial charge in [0.05, 0.1) is 7.11 Å². The first-order valence-electron chi connectivity index (χ1n) is 7.93. The Morgan fingerprint density at radius 1 is 0.727 bits per heavy atom. The van der Waals surface area contributed by atoms with Crippen molar-refractivity contribution in [3.05, 3.63) is 77.4 Å². The van der Waals surface area contributed by atoms with Gasteiger partial charge in [-0.3, -0.25) is 0 Å². The molecule has 3 rings (SSSR count). The zero-order valence-corrected chi connectivity index (χ0v) is 13.3. The van der Waals surface area contributed by atoms with Crippen LogP contribution in [0.25, 0.3) is 10.8 Å². The van der Waals surface area contributed by atoms with E-state index in [-0.39, 0.29) is 0 Å². The minimum absolute atomic E-state index is 0.934. The Labute approximate surface area is 132 Å². The molecule has 0 aliphatic carbocycles. The third-order valence-corrected chi connectivity index (χ3v) is 4.21. The fraction of sp³-hybridized carbons (Fsp3) is 0.238. The van der Waals surface area contributed by atoms with Crippen LogP contribution in [0, 0.1) is 0 Å². The van der Waals surface area contributed by atoms with E-state index in [1.807, 2.05) is 6.07 Å². The molecule has 22 heavy (non-hydrogen) atoms. The molecule has 0 heterocycles. The lowest BCUT2D eigenvalue weighted by molar-refractivity contribution is 0.414. The van der Waals surface area contributed by atoms with Gasteiger partial charge < -0.3 is 4.74 Å². The van der Waals surface area contributed by atoms with Crippen molar-refractivity contribution in [1.29, 1.82) is 0 Å². The van der Waals surface area contributed by atoms with Gasteiger partial charge in [0.15, 0.2) is 0 Å². The van der Waals surface area contributed by atoms with E-state index < -0.39 is 0 Å². The predicted octanol–water partition coefficient (Wildman–Crippen LogP) is 5.20. The molecule has 0 saturated carbocycles. The second-order valence-corrected chi connectivity index (χ2v) is 5.72. The quantitative estimate of drug-likeness (QED) is 0.628. The molecule has 0 amide bonds. The number of hydrogen-bond donors (Lipinski definition) is 0. The molecule has 0 fully saturated rings. The van der Waals surface area contributed by atoms with E-state index in [4.69, 9.17) is 4.74 Å². The Morgan fingerprint density at radius 3 is 2.14 bits per heavy atom. The van der Waals surface area contributed by atoms with Crippen molar-refractivity contribution in [2.45, 2.75) is 26.2 Å². The third-order valence-electron chi connectivity index (χ3n) is 4.21. The van der Waals surface area contributed by atoms with Crippen LogP contribution in [-0.4, -0.2) is 7.11 Å². The predicted molar refractivity (Wildman–Crippen MR) is 93.7 cm³/mol. The Kier molecular flexibility index (Phi) is 4.43. The van der Waals surface area contributed by atoms with Crippen LogP contribution in [0.4, 0.5) is 0 Å². The molecular formula is C21H22O. The average molecular weight is 290 g/mol. The lowest BCUT2D eigenvalue weighted by atomic mass is 9.99. The zero-order valence-electron chi connectivity index (χ0n) is 13.3. The number of benzene rings is 3. The molecule has 0 aliphatic heterocycles. The van der Waals surface area contributed by atoms with Crippen LogP contribution in [0.15, 0.2) is 60.7 Å². The Hall–Kier alpha value is -2.28. The summed E-state index contributed by atoms with van der Waals surface area (Å²) in [6.07, 6.45) is 3.18. The first kappa shape index (κ1) is 14.6. The average Bonchev–Trinajstić information content (AvgIpc) is 2.59. The van der Waals surface area contributed by atoms with Crippen LogP contribution in [0.5, 0.6) is 5.75 Å². The van der Waals surface area contributed by atoms with Crippen LogP contribution in [-0.2, 0) is 19.3 Å². The molecule has 0 aromatic heterocycles. The summed E-state index contributed by atoms with van der Waals surface area (Å²) in [6, 6.07) is 21.9. The number of fused-ring (bicyclic) bond motifs is 1. The Bertz CT molecular complexity index is 774. The van der Waals surface area contributed by atoms with Crippen LogP contribution in [0.2, 0.25) is 0 Å². The Balaban J connectivity index is 1.78.